The van der Waals surface area contributed by atoms with Crippen LogP contribution in [0.2, 0.25) is 5.02 Å². The van der Waals surface area contributed by atoms with Crippen LogP contribution >= 0.6 is 22.9 Å². The summed E-state index contributed by atoms with van der Waals surface area (Å²) in [4.78, 5) is 11.6. The van der Waals surface area contributed by atoms with Gasteiger partial charge in [0.05, 0.1) is 0 Å². The third kappa shape index (κ3) is 1.86. The minimum Gasteiger partial charge on any atom is -0.298 e. The van der Waals surface area contributed by atoms with Crippen LogP contribution in [-0.4, -0.2) is 6.29 Å². The van der Waals surface area contributed by atoms with Crippen molar-refractivity contribution in [3.05, 3.63) is 46.3 Å². The molecule has 14 heavy (non-hydrogen) atoms. The Morgan fingerprint density at radius 2 is 2.14 bits per heavy atom. The van der Waals surface area contributed by atoms with E-state index >= 15 is 0 Å². The van der Waals surface area contributed by atoms with Crippen molar-refractivity contribution in [2.24, 2.45) is 0 Å². The van der Waals surface area contributed by atoms with Crippen molar-refractivity contribution < 1.29 is 4.79 Å². The molecule has 0 saturated heterocycles. The highest BCUT2D eigenvalue weighted by atomic mass is 35.5. The van der Waals surface area contributed by atoms with Crippen LogP contribution in [0, 0.1) is 0 Å². The van der Waals surface area contributed by atoms with Crippen LogP contribution in [0.25, 0.3) is 10.4 Å². The average Bonchev–Trinajstić information content (AvgIpc) is 2.66. The van der Waals surface area contributed by atoms with E-state index in [2.05, 4.69) is 0 Å². The average molecular weight is 223 g/mol. The van der Waals surface area contributed by atoms with Gasteiger partial charge in [0.15, 0.2) is 6.29 Å². The van der Waals surface area contributed by atoms with Crippen LogP contribution in [0.4, 0.5) is 0 Å². The van der Waals surface area contributed by atoms with Gasteiger partial charge >= 0.3 is 0 Å². The minimum atomic E-state index is 0.712. The summed E-state index contributed by atoms with van der Waals surface area (Å²) < 4.78 is 0. The maximum Gasteiger partial charge on any atom is 0.150 e. The number of benzene rings is 1. The van der Waals surface area contributed by atoms with Crippen molar-refractivity contribution in [3.8, 4) is 10.4 Å². The number of rotatable bonds is 2. The minimum absolute atomic E-state index is 0.712. The molecule has 0 saturated carbocycles. The fourth-order valence-corrected chi connectivity index (χ4v) is 2.25. The lowest BCUT2D eigenvalue weighted by Gasteiger charge is -1.96. The van der Waals surface area contributed by atoms with Crippen molar-refractivity contribution >= 4 is 29.2 Å². The van der Waals surface area contributed by atoms with Gasteiger partial charge in [-0.25, -0.2) is 0 Å². The van der Waals surface area contributed by atoms with Crippen molar-refractivity contribution in [1.82, 2.24) is 0 Å². The van der Waals surface area contributed by atoms with Gasteiger partial charge in [0.1, 0.15) is 0 Å². The molecule has 0 radical (unpaired) electrons. The molecule has 70 valence electrons. The highest BCUT2D eigenvalue weighted by molar-refractivity contribution is 7.13. The number of aldehydes is 1. The SMILES string of the molecule is O=Cc1csc(-c2cccc(Cl)c2)c1. The zero-order chi connectivity index (χ0) is 9.97. The van der Waals surface area contributed by atoms with Gasteiger partial charge in [-0.3, -0.25) is 4.79 Å². The van der Waals surface area contributed by atoms with E-state index < -0.39 is 0 Å². The zero-order valence-corrected chi connectivity index (χ0v) is 8.81. The van der Waals surface area contributed by atoms with E-state index in [0.29, 0.717) is 10.6 Å². The summed E-state index contributed by atoms with van der Waals surface area (Å²) >= 11 is 7.42. The first kappa shape index (κ1) is 9.44. The van der Waals surface area contributed by atoms with Gasteiger partial charge in [0, 0.05) is 20.8 Å². The molecule has 2 aromatic rings. The second kappa shape index (κ2) is 3.95. The summed E-state index contributed by atoms with van der Waals surface area (Å²) in [5.74, 6) is 0. The quantitative estimate of drug-likeness (QED) is 0.705. The Labute approximate surface area is 91.0 Å². The summed E-state index contributed by atoms with van der Waals surface area (Å²) in [6, 6.07) is 9.47. The van der Waals surface area contributed by atoms with E-state index in [4.69, 9.17) is 11.6 Å². The molecule has 1 aromatic heterocycles. The van der Waals surface area contributed by atoms with Gasteiger partial charge < -0.3 is 0 Å². The van der Waals surface area contributed by atoms with Crippen LogP contribution in [0.1, 0.15) is 10.4 Å². The van der Waals surface area contributed by atoms with Crippen LogP contribution in [0.15, 0.2) is 35.7 Å². The maximum absolute atomic E-state index is 10.5. The molecule has 3 heteroatoms. The Bertz CT molecular complexity index is 462. The summed E-state index contributed by atoms with van der Waals surface area (Å²) in [6.45, 7) is 0. The Balaban J connectivity index is 2.43. The predicted octanol–water partition coefficient (Wildman–Crippen LogP) is 3.88. The highest BCUT2D eigenvalue weighted by Crippen LogP contribution is 2.28. The number of thiophene rings is 1. The molecular weight excluding hydrogens is 216 g/mol. The van der Waals surface area contributed by atoms with Crippen molar-refractivity contribution in [3.63, 3.8) is 0 Å². The summed E-state index contributed by atoms with van der Waals surface area (Å²) in [6.07, 6.45) is 0.852. The Hall–Kier alpha value is -1.12. The summed E-state index contributed by atoms with van der Waals surface area (Å²) in [5.41, 5.74) is 1.76. The van der Waals surface area contributed by atoms with E-state index in [9.17, 15) is 4.79 Å². The number of carbonyl (C=O) groups excluding carboxylic acids is 1. The second-order valence-electron chi connectivity index (χ2n) is 2.87. The maximum atomic E-state index is 10.5. The van der Waals surface area contributed by atoms with Crippen LogP contribution < -0.4 is 0 Å². The number of hydrogen-bond donors (Lipinski definition) is 0. The van der Waals surface area contributed by atoms with Crippen LogP contribution in [0.3, 0.4) is 0 Å². The molecule has 0 aliphatic carbocycles. The molecule has 0 bridgehead atoms. The van der Waals surface area contributed by atoms with Crippen LogP contribution in [0.5, 0.6) is 0 Å². The Kier molecular flexibility index (Phi) is 2.66. The highest BCUT2D eigenvalue weighted by Gasteiger charge is 2.01. The van der Waals surface area contributed by atoms with Crippen molar-refractivity contribution in [2.45, 2.75) is 0 Å². The van der Waals surface area contributed by atoms with E-state index in [1.807, 2.05) is 35.7 Å². The van der Waals surface area contributed by atoms with Crippen molar-refractivity contribution in [1.29, 1.82) is 0 Å². The second-order valence-corrected chi connectivity index (χ2v) is 4.22. The molecule has 0 fully saturated rings. The molecular formula is C11H7ClOS. The van der Waals surface area contributed by atoms with Gasteiger partial charge in [-0.05, 0) is 23.8 Å². The summed E-state index contributed by atoms with van der Waals surface area (Å²) in [7, 11) is 0. The lowest BCUT2D eigenvalue weighted by molar-refractivity contribution is 0.112. The molecule has 1 heterocycles. The fourth-order valence-electron chi connectivity index (χ4n) is 1.21. The van der Waals surface area contributed by atoms with Gasteiger partial charge in [-0.15, -0.1) is 11.3 Å². The first-order valence-electron chi connectivity index (χ1n) is 4.09. The predicted molar refractivity (Wildman–Crippen MR) is 60.2 cm³/mol. The van der Waals surface area contributed by atoms with E-state index in [1.165, 1.54) is 0 Å². The van der Waals surface area contributed by atoms with Crippen LogP contribution in [-0.2, 0) is 0 Å². The molecule has 1 aromatic carbocycles. The molecule has 2 rings (SSSR count). The Morgan fingerprint density at radius 3 is 2.79 bits per heavy atom. The van der Waals surface area contributed by atoms with E-state index in [1.54, 1.807) is 11.3 Å². The molecule has 0 aliphatic heterocycles. The smallest absolute Gasteiger partial charge is 0.150 e. The lowest BCUT2D eigenvalue weighted by atomic mass is 10.2. The van der Waals surface area contributed by atoms with E-state index in [0.717, 1.165) is 16.7 Å². The summed E-state index contributed by atoms with van der Waals surface area (Å²) in [5, 5.41) is 2.55. The van der Waals surface area contributed by atoms with E-state index in [-0.39, 0.29) is 0 Å². The lowest BCUT2D eigenvalue weighted by Crippen LogP contribution is -1.72. The first-order chi connectivity index (χ1) is 6.79. The molecule has 0 aliphatic rings. The van der Waals surface area contributed by atoms with Gasteiger partial charge in [-0.1, -0.05) is 23.7 Å². The van der Waals surface area contributed by atoms with Gasteiger partial charge in [0.25, 0.3) is 0 Å². The number of hydrogen-bond acceptors (Lipinski definition) is 2. The molecule has 0 atom stereocenters. The largest absolute Gasteiger partial charge is 0.298 e. The number of halogens is 1. The topological polar surface area (TPSA) is 17.1 Å². The third-order valence-corrected chi connectivity index (χ3v) is 3.10. The molecule has 0 N–H and O–H groups in total. The molecule has 0 unspecified atom stereocenters. The fraction of sp³-hybridized carbons (Fsp3) is 0. The molecule has 0 spiro atoms. The third-order valence-electron chi connectivity index (χ3n) is 1.86. The normalized spacial score (nSPS) is 10.1. The molecule has 0 amide bonds. The number of carbonyl (C=O) groups is 1. The van der Waals surface area contributed by atoms with Gasteiger partial charge in [0.2, 0.25) is 0 Å². The first-order valence-corrected chi connectivity index (χ1v) is 5.35. The molecule has 1 nitrogen and oxygen atoms in total. The van der Waals surface area contributed by atoms with Gasteiger partial charge in [-0.2, -0.15) is 0 Å². The standard InChI is InChI=1S/C11H7ClOS/c12-10-3-1-2-9(5-10)11-4-8(6-13)7-14-11/h1-7H. The zero-order valence-electron chi connectivity index (χ0n) is 7.24. The Morgan fingerprint density at radius 1 is 1.29 bits per heavy atom. The van der Waals surface area contributed by atoms with Crippen molar-refractivity contribution in [2.75, 3.05) is 0 Å². The monoisotopic (exact) mass is 222 g/mol.